The molecule has 1 atom stereocenters. The van der Waals surface area contributed by atoms with E-state index in [2.05, 4.69) is 37.2 Å². The second-order valence-electron chi connectivity index (χ2n) is 6.18. The van der Waals surface area contributed by atoms with E-state index in [-0.39, 0.29) is 6.29 Å². The lowest BCUT2D eigenvalue weighted by atomic mass is 10.2. The van der Waals surface area contributed by atoms with Gasteiger partial charge in [-0.3, -0.25) is 4.90 Å². The molecule has 0 radical (unpaired) electrons. The number of guanidine groups is 2. The molecule has 6 nitrogen and oxygen atoms in total. The Labute approximate surface area is 147 Å². The van der Waals surface area contributed by atoms with E-state index in [9.17, 15) is 0 Å². The van der Waals surface area contributed by atoms with Crippen LogP contribution in [0.3, 0.4) is 0 Å². The molecule has 1 saturated heterocycles. The fourth-order valence-corrected chi connectivity index (χ4v) is 3.24. The molecule has 0 spiro atoms. The zero-order chi connectivity index (χ0) is 17.1. The maximum Gasteiger partial charge on any atom is 0.222 e. The largest absolute Gasteiger partial charge is 0.368 e. The first-order valence-corrected chi connectivity index (χ1v) is 8.64. The molecule has 4 rings (SSSR count). The molecule has 0 bridgehead atoms. The normalized spacial score (nSPS) is 20.2. The minimum atomic E-state index is -0.335. The van der Waals surface area contributed by atoms with Crippen molar-refractivity contribution in [3.63, 3.8) is 0 Å². The van der Waals surface area contributed by atoms with Crippen molar-refractivity contribution in [3.05, 3.63) is 60.7 Å². The van der Waals surface area contributed by atoms with Crippen LogP contribution in [0.1, 0.15) is 12.8 Å². The number of rotatable bonds is 3. The molecule has 0 saturated carbocycles. The van der Waals surface area contributed by atoms with Gasteiger partial charge in [0.15, 0.2) is 0 Å². The van der Waals surface area contributed by atoms with Gasteiger partial charge in [0.25, 0.3) is 0 Å². The fourth-order valence-electron chi connectivity index (χ4n) is 3.24. The van der Waals surface area contributed by atoms with E-state index in [1.165, 1.54) is 12.8 Å². The zero-order valence-electron chi connectivity index (χ0n) is 14.0. The molecule has 6 heteroatoms. The summed E-state index contributed by atoms with van der Waals surface area (Å²) in [6, 6.07) is 20.3. The Morgan fingerprint density at radius 3 is 2.24 bits per heavy atom. The minimum Gasteiger partial charge on any atom is -0.368 e. The average molecular weight is 334 g/mol. The van der Waals surface area contributed by atoms with E-state index in [0.717, 1.165) is 30.4 Å². The number of anilines is 2. The molecule has 2 aromatic carbocycles. The van der Waals surface area contributed by atoms with Crippen molar-refractivity contribution in [1.82, 2.24) is 4.90 Å². The van der Waals surface area contributed by atoms with Gasteiger partial charge in [-0.25, -0.2) is 4.99 Å². The zero-order valence-corrected chi connectivity index (χ0v) is 14.0. The van der Waals surface area contributed by atoms with Crippen LogP contribution < -0.4 is 16.0 Å². The molecule has 1 unspecified atom stereocenters. The molecule has 128 valence electrons. The molecule has 2 heterocycles. The van der Waals surface area contributed by atoms with Gasteiger partial charge in [0.05, 0.1) is 0 Å². The summed E-state index contributed by atoms with van der Waals surface area (Å²) in [5, 5.41) is 3.46. The van der Waals surface area contributed by atoms with Gasteiger partial charge in [0.1, 0.15) is 0 Å². The van der Waals surface area contributed by atoms with Crippen molar-refractivity contribution in [2.24, 2.45) is 15.7 Å². The van der Waals surface area contributed by atoms with Crippen LogP contribution in [-0.2, 0) is 0 Å². The summed E-state index contributed by atoms with van der Waals surface area (Å²) in [7, 11) is 0. The van der Waals surface area contributed by atoms with E-state index >= 15 is 0 Å². The van der Waals surface area contributed by atoms with E-state index < -0.39 is 0 Å². The molecular formula is C19H22N6. The van der Waals surface area contributed by atoms with Gasteiger partial charge in [0.2, 0.25) is 18.2 Å². The Kier molecular flexibility index (Phi) is 4.24. The monoisotopic (exact) mass is 334 g/mol. The Bertz CT molecular complexity index is 765. The second-order valence-corrected chi connectivity index (χ2v) is 6.18. The number of benzene rings is 2. The van der Waals surface area contributed by atoms with Crippen LogP contribution in [0.4, 0.5) is 11.4 Å². The van der Waals surface area contributed by atoms with Crippen molar-refractivity contribution in [3.8, 4) is 0 Å². The molecule has 25 heavy (non-hydrogen) atoms. The van der Waals surface area contributed by atoms with Crippen molar-refractivity contribution in [1.29, 1.82) is 0 Å². The highest BCUT2D eigenvalue weighted by Gasteiger charge is 2.32. The number of nitrogens with zero attached hydrogens (tertiary/aromatic N) is 4. The maximum atomic E-state index is 6.05. The summed E-state index contributed by atoms with van der Waals surface area (Å²) < 4.78 is 0. The average Bonchev–Trinajstić information content (AvgIpc) is 3.17. The Balaban J connectivity index is 1.71. The summed E-state index contributed by atoms with van der Waals surface area (Å²) >= 11 is 0. The van der Waals surface area contributed by atoms with E-state index in [0.29, 0.717) is 5.96 Å². The smallest absolute Gasteiger partial charge is 0.222 e. The van der Waals surface area contributed by atoms with Crippen LogP contribution in [0.15, 0.2) is 70.6 Å². The summed E-state index contributed by atoms with van der Waals surface area (Å²) in [4.78, 5) is 13.5. The highest BCUT2D eigenvalue weighted by Crippen LogP contribution is 2.25. The van der Waals surface area contributed by atoms with Gasteiger partial charge >= 0.3 is 0 Å². The number of nitrogens with two attached hydrogens (primary N) is 1. The first-order chi connectivity index (χ1) is 12.3. The number of hydrogen-bond donors (Lipinski definition) is 2. The first kappa shape index (κ1) is 15.5. The quantitative estimate of drug-likeness (QED) is 0.905. The van der Waals surface area contributed by atoms with Crippen molar-refractivity contribution >= 4 is 23.3 Å². The molecule has 0 amide bonds. The lowest BCUT2D eigenvalue weighted by Gasteiger charge is -2.38. The van der Waals surface area contributed by atoms with Gasteiger partial charge < -0.3 is 16.0 Å². The first-order valence-electron chi connectivity index (χ1n) is 8.64. The summed E-state index contributed by atoms with van der Waals surface area (Å²) in [5.74, 6) is 1.17. The molecule has 1 fully saturated rings. The molecule has 3 N–H and O–H groups in total. The number of nitrogens with one attached hydrogen (secondary N) is 1. The van der Waals surface area contributed by atoms with Crippen LogP contribution in [0.5, 0.6) is 0 Å². The van der Waals surface area contributed by atoms with Crippen LogP contribution in [-0.4, -0.2) is 36.2 Å². The lowest BCUT2D eigenvalue weighted by Crippen LogP contribution is -2.54. The highest BCUT2D eigenvalue weighted by atomic mass is 15.5. The van der Waals surface area contributed by atoms with Gasteiger partial charge in [-0.15, -0.1) is 0 Å². The van der Waals surface area contributed by atoms with Crippen molar-refractivity contribution in [2.45, 2.75) is 19.1 Å². The summed E-state index contributed by atoms with van der Waals surface area (Å²) in [6.45, 7) is 1.99. The number of likely N-dealkylation sites (tertiary alicyclic amines) is 1. The maximum absolute atomic E-state index is 6.05. The third kappa shape index (κ3) is 3.28. The van der Waals surface area contributed by atoms with Crippen LogP contribution in [0.2, 0.25) is 0 Å². The van der Waals surface area contributed by atoms with Crippen LogP contribution in [0.25, 0.3) is 0 Å². The molecule has 2 aliphatic rings. The highest BCUT2D eigenvalue weighted by molar-refractivity contribution is 6.06. The standard InChI is InChI=1S/C19H22N6/c20-17-22-18(21-15-9-3-1-4-10-15)25(16-11-5-2-6-12-16)19(23-17)24-13-7-8-14-24/h1-6,9-12,18,21H,7-8,13-14H2,(H2,20,22). The Hall–Kier alpha value is -3.02. The van der Waals surface area contributed by atoms with Crippen molar-refractivity contribution < 1.29 is 0 Å². The van der Waals surface area contributed by atoms with E-state index in [4.69, 9.17) is 5.73 Å². The lowest BCUT2D eigenvalue weighted by molar-refractivity contribution is 0.497. The van der Waals surface area contributed by atoms with Crippen LogP contribution >= 0.6 is 0 Å². The summed E-state index contributed by atoms with van der Waals surface area (Å²) in [5.41, 5.74) is 8.08. The number of para-hydroxylation sites is 2. The number of hydrogen-bond acceptors (Lipinski definition) is 6. The predicted molar refractivity (Wildman–Crippen MR) is 103 cm³/mol. The topological polar surface area (TPSA) is 69.2 Å². The third-order valence-corrected chi connectivity index (χ3v) is 4.42. The van der Waals surface area contributed by atoms with E-state index in [1.807, 2.05) is 48.5 Å². The molecular weight excluding hydrogens is 312 g/mol. The molecule has 2 aliphatic heterocycles. The number of aliphatic imine (C=N–C) groups is 2. The Morgan fingerprint density at radius 2 is 1.56 bits per heavy atom. The summed E-state index contributed by atoms with van der Waals surface area (Å²) in [6.07, 6.45) is 2.02. The van der Waals surface area contributed by atoms with Crippen LogP contribution in [0, 0.1) is 0 Å². The molecule has 2 aromatic rings. The molecule has 0 aromatic heterocycles. The van der Waals surface area contributed by atoms with Gasteiger partial charge in [-0.2, -0.15) is 4.99 Å². The predicted octanol–water partition coefficient (Wildman–Crippen LogP) is 2.67. The Morgan fingerprint density at radius 1 is 0.920 bits per heavy atom. The molecule has 0 aliphatic carbocycles. The van der Waals surface area contributed by atoms with Gasteiger partial charge in [-0.1, -0.05) is 36.4 Å². The second kappa shape index (κ2) is 6.84. The van der Waals surface area contributed by atoms with Gasteiger partial charge in [-0.05, 0) is 37.1 Å². The fraction of sp³-hybridized carbons (Fsp3) is 0.263. The van der Waals surface area contributed by atoms with Crippen molar-refractivity contribution in [2.75, 3.05) is 23.3 Å². The van der Waals surface area contributed by atoms with E-state index in [1.54, 1.807) is 0 Å². The third-order valence-electron chi connectivity index (χ3n) is 4.42. The minimum absolute atomic E-state index is 0.308. The van der Waals surface area contributed by atoms with Gasteiger partial charge in [0, 0.05) is 24.5 Å². The SMILES string of the molecule is NC1=NC(Nc2ccccc2)N(c2ccccc2)C(N2CCCC2)=N1.